The maximum atomic E-state index is 10.8. The molecule has 0 fully saturated rings. The van der Waals surface area contributed by atoms with Crippen LogP contribution in [0.4, 0.5) is 0 Å². The van der Waals surface area contributed by atoms with Gasteiger partial charge in [0, 0.05) is 6.42 Å². The van der Waals surface area contributed by atoms with Gasteiger partial charge < -0.3 is 21.3 Å². The van der Waals surface area contributed by atoms with E-state index in [1.54, 1.807) is 0 Å². The van der Waals surface area contributed by atoms with Crippen molar-refractivity contribution in [3.63, 3.8) is 0 Å². The molecular weight excluding hydrogens is 192 g/mol. The summed E-state index contributed by atoms with van der Waals surface area (Å²) in [6, 6.07) is -1.13. The van der Waals surface area contributed by atoms with Gasteiger partial charge in [-0.25, -0.2) is 0 Å². The first-order valence-corrected chi connectivity index (χ1v) is 3.89. The number of carboxylic acids is 1. The molecule has 80 valence electrons. The van der Waals surface area contributed by atoms with E-state index in [9.17, 15) is 14.4 Å². The van der Waals surface area contributed by atoms with Crippen LogP contribution in [-0.4, -0.2) is 35.6 Å². The van der Waals surface area contributed by atoms with Crippen molar-refractivity contribution in [2.24, 2.45) is 11.5 Å². The Morgan fingerprint density at radius 2 is 1.86 bits per heavy atom. The predicted molar refractivity (Wildman–Crippen MR) is 45.0 cm³/mol. The van der Waals surface area contributed by atoms with Gasteiger partial charge in [0.2, 0.25) is 0 Å². The van der Waals surface area contributed by atoms with Crippen molar-refractivity contribution in [3.8, 4) is 0 Å². The van der Waals surface area contributed by atoms with E-state index in [4.69, 9.17) is 16.6 Å². The monoisotopic (exact) mass is 204 g/mol. The Bertz CT molecular complexity index is 240. The summed E-state index contributed by atoms with van der Waals surface area (Å²) >= 11 is 0. The maximum Gasteiger partial charge on any atom is 0.327 e. The molecule has 0 bridgehead atoms. The molecule has 0 saturated heterocycles. The average Bonchev–Trinajstić information content (AvgIpc) is 2.13. The summed E-state index contributed by atoms with van der Waals surface area (Å²) in [5.74, 6) is -2.88. The number of carboxylic acid groups (broad SMARTS) is 1. The van der Waals surface area contributed by atoms with Crippen LogP contribution >= 0.6 is 0 Å². The lowest BCUT2D eigenvalue weighted by Crippen LogP contribution is -2.31. The van der Waals surface area contributed by atoms with Gasteiger partial charge in [-0.15, -0.1) is 0 Å². The third-order valence-corrected chi connectivity index (χ3v) is 1.37. The van der Waals surface area contributed by atoms with Crippen LogP contribution in [-0.2, 0) is 19.1 Å². The second-order valence-electron chi connectivity index (χ2n) is 2.53. The molecule has 0 spiro atoms. The zero-order chi connectivity index (χ0) is 11.1. The first-order valence-electron chi connectivity index (χ1n) is 3.89. The van der Waals surface area contributed by atoms with E-state index in [0.29, 0.717) is 0 Å². The molecule has 0 aromatic heterocycles. The molecule has 0 aromatic carbocycles. The topological polar surface area (TPSA) is 133 Å². The summed E-state index contributed by atoms with van der Waals surface area (Å²) in [6.07, 6.45) is -0.300. The molecule has 0 aliphatic heterocycles. The van der Waals surface area contributed by atoms with Crippen LogP contribution < -0.4 is 11.5 Å². The Kier molecular flexibility index (Phi) is 5.42. The molecule has 5 N–H and O–H groups in total. The highest BCUT2D eigenvalue weighted by molar-refractivity contribution is 5.86. The van der Waals surface area contributed by atoms with Gasteiger partial charge in [-0.2, -0.15) is 0 Å². The number of rotatable bonds is 5. The third-order valence-electron chi connectivity index (χ3n) is 1.37. The number of carbonyl (C=O) groups excluding carboxylic acids is 2. The highest BCUT2D eigenvalue weighted by atomic mass is 16.6. The molecule has 0 rings (SSSR count). The van der Waals surface area contributed by atoms with Crippen LogP contribution in [0.1, 0.15) is 12.8 Å². The number of esters is 2. The summed E-state index contributed by atoms with van der Waals surface area (Å²) in [7, 11) is 0. The third kappa shape index (κ3) is 5.22. The Balaban J connectivity index is 3.74. The summed E-state index contributed by atoms with van der Waals surface area (Å²) in [5, 5.41) is 8.36. The van der Waals surface area contributed by atoms with E-state index in [2.05, 4.69) is 4.74 Å². The number of aliphatic carboxylic acids is 1. The second-order valence-corrected chi connectivity index (χ2v) is 2.53. The largest absolute Gasteiger partial charge is 0.480 e. The number of hydrogen-bond donors (Lipinski definition) is 3. The van der Waals surface area contributed by atoms with Crippen molar-refractivity contribution in [2.45, 2.75) is 18.9 Å². The van der Waals surface area contributed by atoms with E-state index in [1.807, 2.05) is 0 Å². The standard InChI is InChI=1S/C7H12N2O5/c8-3-6(11)14-5(10)2-1-4(9)7(12)13/h4H,1-3,8-9H2,(H,12,13)/t4-/m1/s1. The molecule has 0 aliphatic rings. The fourth-order valence-electron chi connectivity index (χ4n) is 0.616. The van der Waals surface area contributed by atoms with Gasteiger partial charge in [-0.3, -0.25) is 14.4 Å². The van der Waals surface area contributed by atoms with Crippen LogP contribution in [0, 0.1) is 0 Å². The van der Waals surface area contributed by atoms with Gasteiger partial charge >= 0.3 is 17.9 Å². The van der Waals surface area contributed by atoms with Crippen molar-refractivity contribution in [1.29, 1.82) is 0 Å². The summed E-state index contributed by atoms with van der Waals surface area (Å²) in [6.45, 7) is -0.392. The van der Waals surface area contributed by atoms with E-state index < -0.39 is 30.5 Å². The summed E-state index contributed by atoms with van der Waals surface area (Å²) in [4.78, 5) is 31.5. The Labute approximate surface area is 80.0 Å². The molecule has 0 aromatic rings. The molecular formula is C7H12N2O5. The van der Waals surface area contributed by atoms with Crippen LogP contribution in [0.5, 0.6) is 0 Å². The first-order chi connectivity index (χ1) is 6.47. The molecule has 0 aliphatic carbocycles. The lowest BCUT2D eigenvalue weighted by molar-refractivity contribution is -0.158. The van der Waals surface area contributed by atoms with Gasteiger partial charge in [0.05, 0.1) is 6.54 Å². The average molecular weight is 204 g/mol. The molecule has 0 amide bonds. The minimum absolute atomic E-state index is 0.0774. The van der Waals surface area contributed by atoms with E-state index >= 15 is 0 Å². The highest BCUT2D eigenvalue weighted by Gasteiger charge is 2.15. The summed E-state index contributed by atoms with van der Waals surface area (Å²) < 4.78 is 4.18. The minimum Gasteiger partial charge on any atom is -0.480 e. The van der Waals surface area contributed by atoms with Gasteiger partial charge in [-0.1, -0.05) is 0 Å². The minimum atomic E-state index is -1.21. The van der Waals surface area contributed by atoms with Gasteiger partial charge in [0.1, 0.15) is 6.04 Å². The smallest absolute Gasteiger partial charge is 0.327 e. The molecule has 0 saturated carbocycles. The van der Waals surface area contributed by atoms with Crippen molar-refractivity contribution < 1.29 is 24.2 Å². The molecule has 0 heterocycles. The van der Waals surface area contributed by atoms with E-state index in [-0.39, 0.29) is 12.8 Å². The summed E-state index contributed by atoms with van der Waals surface area (Å²) in [5.41, 5.74) is 9.99. The zero-order valence-corrected chi connectivity index (χ0v) is 7.43. The highest BCUT2D eigenvalue weighted by Crippen LogP contribution is 1.97. The maximum absolute atomic E-state index is 10.8. The normalized spacial score (nSPS) is 11.9. The van der Waals surface area contributed by atoms with Gasteiger partial charge in [0.25, 0.3) is 0 Å². The number of ether oxygens (including phenoxy) is 1. The first kappa shape index (κ1) is 12.5. The van der Waals surface area contributed by atoms with Gasteiger partial charge in [-0.05, 0) is 6.42 Å². The number of carbonyl (C=O) groups is 3. The SMILES string of the molecule is NCC(=O)OC(=O)CC[C@@H](N)C(=O)O. The van der Waals surface area contributed by atoms with Gasteiger partial charge in [0.15, 0.2) is 0 Å². The predicted octanol–water partition coefficient (Wildman–Crippen LogP) is -1.79. The van der Waals surface area contributed by atoms with Crippen LogP contribution in [0.2, 0.25) is 0 Å². The molecule has 1 atom stereocenters. The second kappa shape index (κ2) is 6.06. The van der Waals surface area contributed by atoms with Crippen molar-refractivity contribution >= 4 is 17.9 Å². The van der Waals surface area contributed by atoms with Crippen LogP contribution in [0.25, 0.3) is 0 Å². The Morgan fingerprint density at radius 3 is 2.29 bits per heavy atom. The van der Waals surface area contributed by atoms with E-state index in [0.717, 1.165) is 0 Å². The molecule has 0 unspecified atom stereocenters. The van der Waals surface area contributed by atoms with Crippen molar-refractivity contribution in [2.75, 3.05) is 6.54 Å². The fraction of sp³-hybridized carbons (Fsp3) is 0.571. The molecule has 7 nitrogen and oxygen atoms in total. The van der Waals surface area contributed by atoms with Crippen molar-refractivity contribution in [3.05, 3.63) is 0 Å². The quantitative estimate of drug-likeness (QED) is 0.355. The zero-order valence-electron chi connectivity index (χ0n) is 7.43. The van der Waals surface area contributed by atoms with Crippen LogP contribution in [0.3, 0.4) is 0 Å². The number of hydrogen-bond acceptors (Lipinski definition) is 6. The fourth-order valence-corrected chi connectivity index (χ4v) is 0.616. The number of nitrogens with two attached hydrogens (primary N) is 2. The Morgan fingerprint density at radius 1 is 1.29 bits per heavy atom. The Hall–Kier alpha value is -1.47. The van der Waals surface area contributed by atoms with Crippen molar-refractivity contribution in [1.82, 2.24) is 0 Å². The van der Waals surface area contributed by atoms with E-state index in [1.165, 1.54) is 0 Å². The molecule has 0 radical (unpaired) electrons. The molecule has 7 heteroatoms. The van der Waals surface area contributed by atoms with Crippen LogP contribution in [0.15, 0.2) is 0 Å². The lowest BCUT2D eigenvalue weighted by Gasteiger charge is -2.04. The lowest BCUT2D eigenvalue weighted by atomic mass is 10.2. The molecule has 14 heavy (non-hydrogen) atoms.